The van der Waals surface area contributed by atoms with Gasteiger partial charge in [0.1, 0.15) is 0 Å². The topological polar surface area (TPSA) is 58.4 Å². The molecule has 0 spiro atoms. The number of halogens is 1. The number of rotatable bonds is 7. The van der Waals surface area contributed by atoms with Crippen molar-refractivity contribution in [3.8, 4) is 0 Å². The molecule has 0 radical (unpaired) electrons. The zero-order chi connectivity index (χ0) is 16.7. The van der Waals surface area contributed by atoms with Crippen LogP contribution < -0.4 is 11.1 Å². The molecule has 0 atom stereocenters. The molecule has 1 amide bonds. The fraction of sp³-hybridized carbons (Fsp3) is 0.278. The minimum absolute atomic E-state index is 0.0427. The molecule has 0 aliphatic rings. The van der Waals surface area contributed by atoms with Crippen LogP contribution in [-0.4, -0.2) is 30.4 Å². The summed E-state index contributed by atoms with van der Waals surface area (Å²) in [6, 6.07) is 16.0. The van der Waals surface area contributed by atoms with E-state index >= 15 is 0 Å². The van der Waals surface area contributed by atoms with Crippen molar-refractivity contribution in [2.75, 3.05) is 25.0 Å². The fourth-order valence-corrected chi connectivity index (χ4v) is 2.94. The van der Waals surface area contributed by atoms with Crippen LogP contribution in [0.15, 0.2) is 53.0 Å². The molecule has 5 heteroatoms. The number of anilines is 1. The van der Waals surface area contributed by atoms with Crippen molar-refractivity contribution in [3.05, 3.63) is 64.1 Å². The maximum absolute atomic E-state index is 12.3. The Kier molecular flexibility index (Phi) is 6.77. The van der Waals surface area contributed by atoms with E-state index in [1.54, 1.807) is 0 Å². The van der Waals surface area contributed by atoms with Crippen LogP contribution in [0.1, 0.15) is 11.1 Å². The second kappa shape index (κ2) is 8.82. The van der Waals surface area contributed by atoms with E-state index in [1.165, 1.54) is 5.56 Å². The molecule has 3 N–H and O–H groups in total. The summed E-state index contributed by atoms with van der Waals surface area (Å²) >= 11 is 3.48. The largest absolute Gasteiger partial charge is 0.329 e. The molecule has 2 aromatic carbocycles. The van der Waals surface area contributed by atoms with E-state index in [9.17, 15) is 4.79 Å². The monoisotopic (exact) mass is 375 g/mol. The highest BCUT2D eigenvalue weighted by atomic mass is 79.9. The minimum atomic E-state index is -0.0427. The average molecular weight is 376 g/mol. The first-order valence-electron chi connectivity index (χ1n) is 7.61. The molecule has 4 nitrogen and oxygen atoms in total. The van der Waals surface area contributed by atoms with Crippen molar-refractivity contribution >= 4 is 27.5 Å². The van der Waals surface area contributed by atoms with Crippen molar-refractivity contribution in [1.29, 1.82) is 0 Å². The predicted molar refractivity (Wildman–Crippen MR) is 98.3 cm³/mol. The summed E-state index contributed by atoms with van der Waals surface area (Å²) in [6.07, 6.45) is 0. The van der Waals surface area contributed by atoms with E-state index in [2.05, 4.69) is 33.4 Å². The second-order valence-corrected chi connectivity index (χ2v) is 6.37. The number of carbonyl (C=O) groups excluding carboxylic acids is 1. The number of benzene rings is 2. The third kappa shape index (κ3) is 5.78. The lowest BCUT2D eigenvalue weighted by Crippen LogP contribution is -2.36. The van der Waals surface area contributed by atoms with Gasteiger partial charge < -0.3 is 11.1 Å². The zero-order valence-electron chi connectivity index (χ0n) is 13.3. The van der Waals surface area contributed by atoms with Crippen LogP contribution in [0.4, 0.5) is 5.69 Å². The molecule has 23 heavy (non-hydrogen) atoms. The molecule has 0 unspecified atom stereocenters. The lowest BCUT2D eigenvalue weighted by Gasteiger charge is -2.21. The summed E-state index contributed by atoms with van der Waals surface area (Å²) in [5, 5.41) is 2.94. The first-order valence-corrected chi connectivity index (χ1v) is 8.40. The molecule has 0 fully saturated rings. The van der Waals surface area contributed by atoms with Gasteiger partial charge in [0.2, 0.25) is 5.91 Å². The highest BCUT2D eigenvalue weighted by molar-refractivity contribution is 9.10. The van der Waals surface area contributed by atoms with Crippen LogP contribution in [0.2, 0.25) is 0 Å². The summed E-state index contributed by atoms with van der Waals surface area (Å²) in [7, 11) is 0. The molecule has 2 aromatic rings. The summed E-state index contributed by atoms with van der Waals surface area (Å²) in [5.41, 5.74) is 8.77. The Labute approximate surface area is 145 Å². The van der Waals surface area contributed by atoms with Crippen LogP contribution in [0.25, 0.3) is 0 Å². The molecule has 0 saturated heterocycles. The van der Waals surface area contributed by atoms with Gasteiger partial charge in [-0.05, 0) is 46.1 Å². The SMILES string of the molecule is Cc1ccc(NC(=O)CN(CCN)Cc2ccccc2)c(Br)c1. The summed E-state index contributed by atoms with van der Waals surface area (Å²) in [6.45, 7) is 4.23. The number of hydrogen-bond acceptors (Lipinski definition) is 3. The molecule has 122 valence electrons. The van der Waals surface area contributed by atoms with E-state index in [1.807, 2.05) is 48.2 Å². The summed E-state index contributed by atoms with van der Waals surface area (Å²) < 4.78 is 0.888. The Morgan fingerprint density at radius 2 is 1.96 bits per heavy atom. The quantitative estimate of drug-likeness (QED) is 0.781. The minimum Gasteiger partial charge on any atom is -0.329 e. The number of nitrogens with two attached hydrogens (primary N) is 1. The van der Waals surface area contributed by atoms with E-state index in [-0.39, 0.29) is 5.91 Å². The van der Waals surface area contributed by atoms with Crippen LogP contribution in [-0.2, 0) is 11.3 Å². The van der Waals surface area contributed by atoms with Gasteiger partial charge in [0.15, 0.2) is 0 Å². The Morgan fingerprint density at radius 1 is 1.22 bits per heavy atom. The van der Waals surface area contributed by atoms with Gasteiger partial charge >= 0.3 is 0 Å². The molecule has 0 heterocycles. The van der Waals surface area contributed by atoms with Gasteiger partial charge in [0.05, 0.1) is 12.2 Å². The second-order valence-electron chi connectivity index (χ2n) is 5.52. The van der Waals surface area contributed by atoms with Gasteiger partial charge in [-0.2, -0.15) is 0 Å². The van der Waals surface area contributed by atoms with Crippen LogP contribution >= 0.6 is 15.9 Å². The lowest BCUT2D eigenvalue weighted by molar-refractivity contribution is -0.117. The van der Waals surface area contributed by atoms with E-state index in [0.717, 1.165) is 15.7 Å². The first kappa shape index (κ1) is 17.7. The lowest BCUT2D eigenvalue weighted by atomic mass is 10.2. The van der Waals surface area contributed by atoms with Gasteiger partial charge in [-0.15, -0.1) is 0 Å². The third-order valence-corrected chi connectivity index (χ3v) is 4.12. The maximum atomic E-state index is 12.3. The first-order chi connectivity index (χ1) is 11.1. The molecule has 0 aliphatic heterocycles. The smallest absolute Gasteiger partial charge is 0.238 e. The van der Waals surface area contributed by atoms with Gasteiger partial charge in [0.25, 0.3) is 0 Å². The number of carbonyl (C=O) groups is 1. The van der Waals surface area contributed by atoms with Crippen LogP contribution in [0.3, 0.4) is 0 Å². The molecule has 0 aromatic heterocycles. The molecule has 0 bridgehead atoms. The van der Waals surface area contributed by atoms with E-state index < -0.39 is 0 Å². The van der Waals surface area contributed by atoms with E-state index in [0.29, 0.717) is 26.2 Å². The Morgan fingerprint density at radius 3 is 2.61 bits per heavy atom. The van der Waals surface area contributed by atoms with Crippen molar-refractivity contribution in [1.82, 2.24) is 4.90 Å². The van der Waals surface area contributed by atoms with Crippen molar-refractivity contribution in [2.24, 2.45) is 5.73 Å². The van der Waals surface area contributed by atoms with Crippen molar-refractivity contribution in [2.45, 2.75) is 13.5 Å². The highest BCUT2D eigenvalue weighted by Gasteiger charge is 2.12. The van der Waals surface area contributed by atoms with Gasteiger partial charge in [0, 0.05) is 24.1 Å². The summed E-state index contributed by atoms with van der Waals surface area (Å²) in [4.78, 5) is 14.4. The standard InChI is InChI=1S/C18H22BrN3O/c1-14-7-8-17(16(19)11-14)21-18(23)13-22(10-9-20)12-15-5-3-2-4-6-15/h2-8,11H,9-10,12-13,20H2,1H3,(H,21,23). The molecule has 2 rings (SSSR count). The highest BCUT2D eigenvalue weighted by Crippen LogP contribution is 2.23. The zero-order valence-corrected chi connectivity index (χ0v) is 14.8. The van der Waals surface area contributed by atoms with Crippen LogP contribution in [0, 0.1) is 6.92 Å². The van der Waals surface area contributed by atoms with Gasteiger partial charge in [-0.3, -0.25) is 9.69 Å². The normalized spacial score (nSPS) is 10.8. The molecular formula is C18H22BrN3O. The van der Waals surface area contributed by atoms with Crippen molar-refractivity contribution in [3.63, 3.8) is 0 Å². The van der Waals surface area contributed by atoms with Crippen LogP contribution in [0.5, 0.6) is 0 Å². The van der Waals surface area contributed by atoms with E-state index in [4.69, 9.17) is 5.73 Å². The number of hydrogen-bond donors (Lipinski definition) is 2. The number of amides is 1. The van der Waals surface area contributed by atoms with Gasteiger partial charge in [-0.1, -0.05) is 36.4 Å². The van der Waals surface area contributed by atoms with Gasteiger partial charge in [-0.25, -0.2) is 0 Å². The third-order valence-electron chi connectivity index (χ3n) is 3.46. The van der Waals surface area contributed by atoms with Crippen molar-refractivity contribution < 1.29 is 4.79 Å². The molecule has 0 saturated carbocycles. The Hall–Kier alpha value is -1.69. The fourth-order valence-electron chi connectivity index (χ4n) is 2.35. The summed E-state index contributed by atoms with van der Waals surface area (Å²) in [5.74, 6) is -0.0427. The Balaban J connectivity index is 1.97. The molecular weight excluding hydrogens is 354 g/mol. The average Bonchev–Trinajstić information content (AvgIpc) is 2.51. The number of nitrogens with one attached hydrogen (secondary N) is 1. The Bertz CT molecular complexity index is 646. The predicted octanol–water partition coefficient (Wildman–Crippen LogP) is 3.16. The number of aryl methyl sites for hydroxylation is 1. The maximum Gasteiger partial charge on any atom is 0.238 e. The molecule has 0 aliphatic carbocycles. The number of nitrogens with zero attached hydrogens (tertiary/aromatic N) is 1.